The number of pyridine rings is 2. The fourth-order valence-electron chi connectivity index (χ4n) is 3.36. The number of nitrogens with one attached hydrogen (secondary N) is 1. The van der Waals surface area contributed by atoms with Crippen molar-refractivity contribution in [2.45, 2.75) is 12.8 Å². The number of likely N-dealkylation sites (tertiary alicyclic amines) is 1. The van der Waals surface area contributed by atoms with Crippen LogP contribution in [-0.2, 0) is 6.42 Å². The molecular weight excluding hydrogens is 312 g/mol. The van der Waals surface area contributed by atoms with Crippen molar-refractivity contribution in [1.29, 1.82) is 0 Å². The van der Waals surface area contributed by atoms with Gasteiger partial charge in [-0.2, -0.15) is 0 Å². The first-order chi connectivity index (χ1) is 12.3. The zero-order chi connectivity index (χ0) is 17.1. The Morgan fingerprint density at radius 2 is 2.12 bits per heavy atom. The maximum Gasteiger partial charge on any atom is 0.321 e. The van der Waals surface area contributed by atoms with E-state index in [9.17, 15) is 4.79 Å². The first-order valence-corrected chi connectivity index (χ1v) is 8.57. The Morgan fingerprint density at radius 3 is 3.00 bits per heavy atom. The minimum atomic E-state index is -0.0306. The number of rotatable bonds is 3. The second-order valence-electron chi connectivity index (χ2n) is 6.49. The second-order valence-corrected chi connectivity index (χ2v) is 6.49. The Bertz CT molecular complexity index is 881. The minimum Gasteiger partial charge on any atom is -0.324 e. The first-order valence-electron chi connectivity index (χ1n) is 8.57. The van der Waals surface area contributed by atoms with Crippen molar-refractivity contribution in [1.82, 2.24) is 14.9 Å². The molecule has 0 radical (unpaired) electrons. The highest BCUT2D eigenvalue weighted by Gasteiger charge is 2.26. The predicted octanol–water partition coefficient (Wildman–Crippen LogP) is 3.73. The molecule has 3 heterocycles. The molecule has 4 rings (SSSR count). The largest absolute Gasteiger partial charge is 0.324 e. The van der Waals surface area contributed by atoms with Crippen LogP contribution in [0.4, 0.5) is 10.5 Å². The average molecular weight is 332 g/mol. The van der Waals surface area contributed by atoms with Gasteiger partial charge in [0.25, 0.3) is 0 Å². The Balaban J connectivity index is 1.38. The van der Waals surface area contributed by atoms with E-state index >= 15 is 0 Å². The van der Waals surface area contributed by atoms with Crippen LogP contribution < -0.4 is 5.32 Å². The second kappa shape index (κ2) is 6.89. The normalized spacial score (nSPS) is 17.0. The van der Waals surface area contributed by atoms with E-state index in [1.807, 2.05) is 59.8 Å². The van der Waals surface area contributed by atoms with Crippen molar-refractivity contribution in [3.05, 3.63) is 66.7 Å². The van der Waals surface area contributed by atoms with Gasteiger partial charge >= 0.3 is 6.03 Å². The number of carbonyl (C=O) groups excluding carboxylic acids is 1. The van der Waals surface area contributed by atoms with Gasteiger partial charge in [0.15, 0.2) is 0 Å². The van der Waals surface area contributed by atoms with Crippen molar-refractivity contribution >= 4 is 22.5 Å². The van der Waals surface area contributed by atoms with E-state index in [0.29, 0.717) is 5.92 Å². The molecule has 0 spiro atoms. The van der Waals surface area contributed by atoms with E-state index in [-0.39, 0.29) is 6.03 Å². The molecule has 1 saturated heterocycles. The summed E-state index contributed by atoms with van der Waals surface area (Å²) in [6, 6.07) is 13.8. The fraction of sp³-hybridized carbons (Fsp3) is 0.250. The number of benzene rings is 1. The fourth-order valence-corrected chi connectivity index (χ4v) is 3.36. The highest BCUT2D eigenvalue weighted by molar-refractivity contribution is 5.93. The van der Waals surface area contributed by atoms with Crippen molar-refractivity contribution in [3.8, 4) is 0 Å². The summed E-state index contributed by atoms with van der Waals surface area (Å²) < 4.78 is 0. The third-order valence-electron chi connectivity index (χ3n) is 4.69. The van der Waals surface area contributed by atoms with E-state index in [2.05, 4.69) is 15.3 Å². The maximum atomic E-state index is 12.5. The summed E-state index contributed by atoms with van der Waals surface area (Å²) in [5, 5.41) is 5.15. The van der Waals surface area contributed by atoms with Crippen LogP contribution in [0.1, 0.15) is 12.1 Å². The number of carbonyl (C=O) groups is 1. The minimum absolute atomic E-state index is 0.0306. The quantitative estimate of drug-likeness (QED) is 0.795. The summed E-state index contributed by atoms with van der Waals surface area (Å²) in [6.07, 6.45) is 7.35. The van der Waals surface area contributed by atoms with Crippen LogP contribution >= 0.6 is 0 Å². The Morgan fingerprint density at radius 1 is 1.16 bits per heavy atom. The standard InChI is InChI=1S/C20H20N4O/c25-20(23-19-5-4-17-13-21-9-6-16(17)12-19)24-10-7-15(14-24)11-18-3-1-2-8-22-18/h1-6,8-9,12-13,15H,7,10-11,14H2,(H,23,25). The number of nitrogens with zero attached hydrogens (tertiary/aromatic N) is 3. The molecule has 0 bridgehead atoms. The van der Waals surface area contributed by atoms with E-state index in [1.54, 1.807) is 6.20 Å². The van der Waals surface area contributed by atoms with Crippen LogP contribution in [0, 0.1) is 5.92 Å². The Labute approximate surface area is 146 Å². The highest BCUT2D eigenvalue weighted by Crippen LogP contribution is 2.22. The molecule has 126 valence electrons. The summed E-state index contributed by atoms with van der Waals surface area (Å²) in [7, 11) is 0. The van der Waals surface area contributed by atoms with Gasteiger partial charge in [-0.05, 0) is 54.5 Å². The SMILES string of the molecule is O=C(Nc1ccc2cnccc2c1)N1CCC(Cc2ccccn2)C1. The summed E-state index contributed by atoms with van der Waals surface area (Å²) >= 11 is 0. The van der Waals surface area contributed by atoms with Gasteiger partial charge in [-0.1, -0.05) is 12.1 Å². The summed E-state index contributed by atoms with van der Waals surface area (Å²) in [6.45, 7) is 1.57. The molecule has 1 aliphatic heterocycles. The van der Waals surface area contributed by atoms with Crippen LogP contribution in [0.5, 0.6) is 0 Å². The molecular formula is C20H20N4O. The molecule has 1 aromatic carbocycles. The van der Waals surface area contributed by atoms with Gasteiger partial charge in [-0.15, -0.1) is 0 Å². The van der Waals surface area contributed by atoms with E-state index in [4.69, 9.17) is 0 Å². The van der Waals surface area contributed by atoms with Crippen LogP contribution in [0.15, 0.2) is 61.1 Å². The molecule has 2 amide bonds. The molecule has 5 nitrogen and oxygen atoms in total. The van der Waals surface area contributed by atoms with Crippen LogP contribution in [-0.4, -0.2) is 34.0 Å². The maximum absolute atomic E-state index is 12.5. The lowest BCUT2D eigenvalue weighted by atomic mass is 10.0. The van der Waals surface area contributed by atoms with Crippen LogP contribution in [0.3, 0.4) is 0 Å². The molecule has 0 saturated carbocycles. The third-order valence-corrected chi connectivity index (χ3v) is 4.69. The third kappa shape index (κ3) is 3.60. The number of urea groups is 1. The molecule has 2 aromatic heterocycles. The molecule has 25 heavy (non-hydrogen) atoms. The molecule has 0 aliphatic carbocycles. The van der Waals surface area contributed by atoms with Crippen LogP contribution in [0.2, 0.25) is 0 Å². The van der Waals surface area contributed by atoms with Crippen molar-refractivity contribution in [3.63, 3.8) is 0 Å². The molecule has 3 aromatic rings. The molecule has 5 heteroatoms. The number of fused-ring (bicyclic) bond motifs is 1. The predicted molar refractivity (Wildman–Crippen MR) is 98.4 cm³/mol. The van der Waals surface area contributed by atoms with Crippen LogP contribution in [0.25, 0.3) is 10.8 Å². The first kappa shape index (κ1) is 15.6. The van der Waals surface area contributed by atoms with E-state index in [1.165, 1.54) is 0 Å². The van der Waals surface area contributed by atoms with Gasteiger partial charge in [0.1, 0.15) is 0 Å². The highest BCUT2D eigenvalue weighted by atomic mass is 16.2. The topological polar surface area (TPSA) is 58.1 Å². The monoisotopic (exact) mass is 332 g/mol. The van der Waals surface area contributed by atoms with Gasteiger partial charge in [0.2, 0.25) is 0 Å². The van der Waals surface area contributed by atoms with Gasteiger partial charge in [0.05, 0.1) is 0 Å². The summed E-state index contributed by atoms with van der Waals surface area (Å²) in [5.41, 5.74) is 1.91. The van der Waals surface area contributed by atoms with Crippen molar-refractivity contribution in [2.24, 2.45) is 5.92 Å². The zero-order valence-electron chi connectivity index (χ0n) is 13.9. The average Bonchev–Trinajstić information content (AvgIpc) is 3.11. The van der Waals surface area contributed by atoms with Gasteiger partial charge in [-0.3, -0.25) is 9.97 Å². The molecule has 1 atom stereocenters. The van der Waals surface area contributed by atoms with Crippen molar-refractivity contribution < 1.29 is 4.79 Å². The number of anilines is 1. The summed E-state index contributed by atoms with van der Waals surface area (Å²) in [5.74, 6) is 0.475. The Hall–Kier alpha value is -2.95. The molecule has 1 aliphatic rings. The number of hydrogen-bond donors (Lipinski definition) is 1. The lowest BCUT2D eigenvalue weighted by Gasteiger charge is -2.17. The Kier molecular flexibility index (Phi) is 4.29. The number of hydrogen-bond acceptors (Lipinski definition) is 3. The number of amides is 2. The molecule has 1 fully saturated rings. The van der Waals surface area contributed by atoms with Gasteiger partial charge in [-0.25, -0.2) is 4.79 Å². The van der Waals surface area contributed by atoms with E-state index in [0.717, 1.165) is 48.1 Å². The van der Waals surface area contributed by atoms with Gasteiger partial charge in [0, 0.05) is 48.4 Å². The number of aromatic nitrogens is 2. The lowest BCUT2D eigenvalue weighted by molar-refractivity contribution is 0.220. The molecule has 1 N–H and O–H groups in total. The molecule has 1 unspecified atom stereocenters. The lowest BCUT2D eigenvalue weighted by Crippen LogP contribution is -2.33. The summed E-state index contributed by atoms with van der Waals surface area (Å²) in [4.78, 5) is 22.9. The zero-order valence-corrected chi connectivity index (χ0v) is 13.9. The van der Waals surface area contributed by atoms with Gasteiger partial charge < -0.3 is 10.2 Å². The smallest absolute Gasteiger partial charge is 0.321 e. The van der Waals surface area contributed by atoms with Crippen molar-refractivity contribution in [2.75, 3.05) is 18.4 Å². The van der Waals surface area contributed by atoms with E-state index < -0.39 is 0 Å².